The molecule has 3 heteroatoms. The highest BCUT2D eigenvalue weighted by Crippen LogP contribution is 2.34. The van der Waals surface area contributed by atoms with Crippen LogP contribution in [-0.2, 0) is 9.53 Å². The first-order valence-electron chi connectivity index (χ1n) is 5.07. The monoisotopic (exact) mass is 268 g/mol. The summed E-state index contributed by atoms with van der Waals surface area (Å²) < 4.78 is 5.22. The van der Waals surface area contributed by atoms with E-state index in [1.165, 1.54) is 11.1 Å². The number of hydrogen-bond donors (Lipinski definition) is 0. The maximum Gasteiger partial charge on any atom is 0.306 e. The van der Waals surface area contributed by atoms with Gasteiger partial charge in [-0.05, 0) is 18.9 Å². The predicted molar refractivity (Wildman–Crippen MR) is 62.0 cm³/mol. The largest absolute Gasteiger partial charge is 0.461 e. The van der Waals surface area contributed by atoms with Crippen molar-refractivity contribution in [3.63, 3.8) is 0 Å². The van der Waals surface area contributed by atoms with Crippen LogP contribution < -0.4 is 0 Å². The minimum Gasteiger partial charge on any atom is -0.461 e. The molecular formula is C12H13BrO2. The minimum atomic E-state index is -0.0865. The molecule has 0 unspecified atom stereocenters. The van der Waals surface area contributed by atoms with Crippen molar-refractivity contribution < 1.29 is 9.53 Å². The summed E-state index contributed by atoms with van der Waals surface area (Å²) in [4.78, 5) is 11.1. The van der Waals surface area contributed by atoms with Crippen LogP contribution in [0.15, 0.2) is 24.3 Å². The zero-order chi connectivity index (χ0) is 10.8. The maximum atomic E-state index is 11.0. The fraction of sp³-hybridized carbons (Fsp3) is 0.417. The molecule has 0 N–H and O–H groups in total. The van der Waals surface area contributed by atoms with Gasteiger partial charge in [0.25, 0.3) is 0 Å². The second kappa shape index (κ2) is 4.35. The van der Waals surface area contributed by atoms with E-state index in [-0.39, 0.29) is 16.9 Å². The summed E-state index contributed by atoms with van der Waals surface area (Å²) in [7, 11) is 0. The molecule has 2 nitrogen and oxygen atoms in total. The minimum absolute atomic E-state index is 0.0137. The Morgan fingerprint density at radius 2 is 2.07 bits per heavy atom. The number of esters is 1. The van der Waals surface area contributed by atoms with Crippen molar-refractivity contribution >= 4 is 21.9 Å². The lowest BCUT2D eigenvalue weighted by Gasteiger charge is -2.16. The molecule has 0 bridgehead atoms. The van der Waals surface area contributed by atoms with Crippen LogP contribution in [0.3, 0.4) is 0 Å². The van der Waals surface area contributed by atoms with Gasteiger partial charge in [0.1, 0.15) is 6.10 Å². The maximum absolute atomic E-state index is 11.0. The molecule has 0 spiro atoms. The van der Waals surface area contributed by atoms with E-state index in [9.17, 15) is 4.79 Å². The number of cyclic esters (lactones) is 1. The Balaban J connectivity index is 2.10. The molecule has 0 radical (unpaired) electrons. The lowest BCUT2D eigenvalue weighted by atomic mass is 10.0. The van der Waals surface area contributed by atoms with E-state index in [4.69, 9.17) is 4.74 Å². The number of hydrogen-bond acceptors (Lipinski definition) is 2. The summed E-state index contributed by atoms with van der Waals surface area (Å²) in [5, 5.41) is 0. The Bertz CT molecular complexity index is 358. The number of carbonyl (C=O) groups excluding carboxylic acids is 1. The van der Waals surface area contributed by atoms with E-state index in [1.54, 1.807) is 0 Å². The first kappa shape index (κ1) is 10.7. The molecule has 1 aliphatic heterocycles. The van der Waals surface area contributed by atoms with Crippen LogP contribution in [0.5, 0.6) is 0 Å². The summed E-state index contributed by atoms with van der Waals surface area (Å²) in [6.45, 7) is 2.06. The zero-order valence-corrected chi connectivity index (χ0v) is 10.2. The fourth-order valence-corrected chi connectivity index (χ4v) is 2.40. The van der Waals surface area contributed by atoms with Crippen LogP contribution in [0, 0.1) is 6.92 Å². The highest BCUT2D eigenvalue weighted by molar-refractivity contribution is 9.09. The molecule has 0 aliphatic carbocycles. The number of alkyl halides is 1. The van der Waals surface area contributed by atoms with Gasteiger partial charge in [-0.15, -0.1) is 0 Å². The second-order valence-electron chi connectivity index (χ2n) is 3.88. The summed E-state index contributed by atoms with van der Waals surface area (Å²) in [6, 6.07) is 8.28. The van der Waals surface area contributed by atoms with E-state index in [0.717, 1.165) is 6.42 Å². The molecule has 1 aliphatic rings. The third kappa shape index (κ3) is 2.40. The predicted octanol–water partition coefficient (Wildman–Crippen LogP) is 3.14. The first-order chi connectivity index (χ1) is 7.16. The third-order valence-electron chi connectivity index (χ3n) is 2.64. The Morgan fingerprint density at radius 1 is 1.40 bits per heavy atom. The van der Waals surface area contributed by atoms with E-state index < -0.39 is 0 Å². The van der Waals surface area contributed by atoms with Crippen LogP contribution in [0.2, 0.25) is 0 Å². The van der Waals surface area contributed by atoms with Gasteiger partial charge in [0.15, 0.2) is 0 Å². The van der Waals surface area contributed by atoms with Gasteiger partial charge in [0.05, 0.1) is 4.83 Å². The van der Waals surface area contributed by atoms with E-state index in [2.05, 4.69) is 47.1 Å². The highest BCUT2D eigenvalue weighted by Gasteiger charge is 2.30. The lowest BCUT2D eigenvalue weighted by molar-refractivity contribution is -0.141. The van der Waals surface area contributed by atoms with Crippen LogP contribution >= 0.6 is 15.9 Å². The van der Waals surface area contributed by atoms with Crippen LogP contribution in [0.1, 0.15) is 28.8 Å². The number of benzene rings is 1. The second-order valence-corrected chi connectivity index (χ2v) is 4.87. The highest BCUT2D eigenvalue weighted by atomic mass is 79.9. The van der Waals surface area contributed by atoms with Gasteiger partial charge in [-0.2, -0.15) is 0 Å². The van der Waals surface area contributed by atoms with E-state index in [1.807, 2.05) is 0 Å². The molecule has 2 atom stereocenters. The molecule has 0 aromatic heterocycles. The van der Waals surface area contributed by atoms with Gasteiger partial charge in [0.2, 0.25) is 0 Å². The van der Waals surface area contributed by atoms with Gasteiger partial charge in [-0.3, -0.25) is 4.79 Å². The topological polar surface area (TPSA) is 26.3 Å². The summed E-state index contributed by atoms with van der Waals surface area (Å²) >= 11 is 3.59. The van der Waals surface area contributed by atoms with Crippen molar-refractivity contribution in [2.24, 2.45) is 0 Å². The molecule has 2 rings (SSSR count). The van der Waals surface area contributed by atoms with Crippen molar-refractivity contribution in [1.82, 2.24) is 0 Å². The van der Waals surface area contributed by atoms with E-state index in [0.29, 0.717) is 6.42 Å². The number of halogens is 1. The van der Waals surface area contributed by atoms with Crippen molar-refractivity contribution in [2.75, 3.05) is 0 Å². The SMILES string of the molecule is Cc1ccc([C@@H](Br)[C@H]2CCC(=O)O2)cc1. The molecule has 15 heavy (non-hydrogen) atoms. The van der Waals surface area contributed by atoms with Crippen molar-refractivity contribution in [3.8, 4) is 0 Å². The van der Waals surface area contributed by atoms with Crippen LogP contribution in [0.25, 0.3) is 0 Å². The normalized spacial score (nSPS) is 22.5. The van der Waals surface area contributed by atoms with E-state index >= 15 is 0 Å². The number of rotatable bonds is 2. The Labute approximate surface area is 97.8 Å². The Morgan fingerprint density at radius 3 is 2.60 bits per heavy atom. The van der Waals surface area contributed by atoms with Crippen molar-refractivity contribution in [2.45, 2.75) is 30.7 Å². The Kier molecular flexibility index (Phi) is 3.10. The van der Waals surface area contributed by atoms with Crippen molar-refractivity contribution in [1.29, 1.82) is 0 Å². The Hall–Kier alpha value is -0.830. The van der Waals surface area contributed by atoms with Crippen LogP contribution in [0.4, 0.5) is 0 Å². The average Bonchev–Trinajstić information content (AvgIpc) is 2.65. The standard InChI is InChI=1S/C12H13BrO2/c1-8-2-4-9(5-3-8)12(13)10-6-7-11(14)15-10/h2-5,10,12H,6-7H2,1H3/t10-,12-/m1/s1. The average molecular weight is 269 g/mol. The van der Waals surface area contributed by atoms with Gasteiger partial charge in [-0.1, -0.05) is 45.8 Å². The summed E-state index contributed by atoms with van der Waals surface area (Å²) in [6.07, 6.45) is 1.33. The first-order valence-corrected chi connectivity index (χ1v) is 5.98. The van der Waals surface area contributed by atoms with Gasteiger partial charge < -0.3 is 4.74 Å². The summed E-state index contributed by atoms with van der Waals surface area (Å²) in [5.41, 5.74) is 2.40. The smallest absolute Gasteiger partial charge is 0.306 e. The molecule has 1 heterocycles. The molecule has 1 fully saturated rings. The van der Waals surface area contributed by atoms with Crippen molar-refractivity contribution in [3.05, 3.63) is 35.4 Å². The van der Waals surface area contributed by atoms with Gasteiger partial charge in [-0.25, -0.2) is 0 Å². The quantitative estimate of drug-likeness (QED) is 0.609. The van der Waals surface area contributed by atoms with Crippen LogP contribution in [-0.4, -0.2) is 12.1 Å². The lowest BCUT2D eigenvalue weighted by Crippen LogP contribution is -2.13. The molecular weight excluding hydrogens is 256 g/mol. The molecule has 1 aromatic carbocycles. The zero-order valence-electron chi connectivity index (χ0n) is 8.57. The summed E-state index contributed by atoms with van der Waals surface area (Å²) in [5.74, 6) is -0.0865. The molecule has 1 saturated heterocycles. The molecule has 1 aromatic rings. The molecule has 0 amide bonds. The fourth-order valence-electron chi connectivity index (χ4n) is 1.72. The number of aryl methyl sites for hydroxylation is 1. The molecule has 80 valence electrons. The number of ether oxygens (including phenoxy) is 1. The molecule has 0 saturated carbocycles. The van der Waals surface area contributed by atoms with Gasteiger partial charge >= 0.3 is 5.97 Å². The third-order valence-corrected chi connectivity index (χ3v) is 3.76. The number of carbonyl (C=O) groups is 1. The van der Waals surface area contributed by atoms with Gasteiger partial charge in [0, 0.05) is 6.42 Å².